The lowest BCUT2D eigenvalue weighted by Crippen LogP contribution is -2.30. The van der Waals surface area contributed by atoms with Gasteiger partial charge in [-0.2, -0.15) is 0 Å². The van der Waals surface area contributed by atoms with Crippen molar-refractivity contribution in [1.82, 2.24) is 0 Å². The Hall–Kier alpha value is -2.21. The first-order chi connectivity index (χ1) is 10.4. The van der Waals surface area contributed by atoms with Gasteiger partial charge in [-0.15, -0.1) is 0 Å². The molecular weight excluding hydrogens is 319 g/mol. The van der Waals surface area contributed by atoms with Gasteiger partial charge < -0.3 is 10.1 Å². The highest BCUT2D eigenvalue weighted by molar-refractivity contribution is 6.31. The van der Waals surface area contributed by atoms with E-state index in [9.17, 15) is 18.0 Å². The lowest BCUT2D eigenvalue weighted by Gasteiger charge is -2.15. The third-order valence-corrected chi connectivity index (χ3v) is 3.05. The van der Waals surface area contributed by atoms with Crippen molar-refractivity contribution in [3.63, 3.8) is 0 Å². The lowest BCUT2D eigenvalue weighted by atomic mass is 10.2. The number of hydrogen-bond donors (Lipinski definition) is 1. The van der Waals surface area contributed by atoms with Crippen LogP contribution in [0.1, 0.15) is 6.92 Å². The van der Waals surface area contributed by atoms with Crippen molar-refractivity contribution in [2.45, 2.75) is 13.0 Å². The summed E-state index contributed by atoms with van der Waals surface area (Å²) < 4.78 is 44.1. The van der Waals surface area contributed by atoms with E-state index in [1.54, 1.807) is 0 Å². The van der Waals surface area contributed by atoms with Crippen LogP contribution in [0.25, 0.3) is 0 Å². The van der Waals surface area contributed by atoms with Crippen molar-refractivity contribution in [2.75, 3.05) is 5.32 Å². The molecule has 0 spiro atoms. The minimum Gasteiger partial charge on any atom is -0.481 e. The Morgan fingerprint density at radius 2 is 1.77 bits per heavy atom. The van der Waals surface area contributed by atoms with Crippen LogP contribution < -0.4 is 10.1 Å². The second-order valence-corrected chi connectivity index (χ2v) is 4.86. The molecule has 0 aromatic heterocycles. The number of amides is 1. The zero-order chi connectivity index (χ0) is 16.3. The van der Waals surface area contributed by atoms with Gasteiger partial charge in [0.15, 0.2) is 17.7 Å². The smallest absolute Gasteiger partial charge is 0.265 e. The van der Waals surface area contributed by atoms with Crippen LogP contribution in [-0.4, -0.2) is 12.0 Å². The highest BCUT2D eigenvalue weighted by atomic mass is 35.5. The van der Waals surface area contributed by atoms with Gasteiger partial charge in [-0.05, 0) is 37.3 Å². The molecule has 2 rings (SSSR count). The van der Waals surface area contributed by atoms with E-state index in [0.717, 1.165) is 18.2 Å². The van der Waals surface area contributed by atoms with Gasteiger partial charge in [-0.25, -0.2) is 13.2 Å². The molecular formula is C15H11ClF3NO2. The highest BCUT2D eigenvalue weighted by Crippen LogP contribution is 2.20. The number of carbonyl (C=O) groups excluding carboxylic acids is 1. The number of rotatable bonds is 4. The van der Waals surface area contributed by atoms with Crippen molar-refractivity contribution in [3.8, 4) is 5.75 Å². The number of benzene rings is 2. The third kappa shape index (κ3) is 3.92. The molecule has 1 atom stereocenters. The van der Waals surface area contributed by atoms with Crippen LogP contribution in [0.3, 0.4) is 0 Å². The summed E-state index contributed by atoms with van der Waals surface area (Å²) in [7, 11) is 0. The summed E-state index contributed by atoms with van der Waals surface area (Å²) in [4.78, 5) is 11.9. The zero-order valence-electron chi connectivity index (χ0n) is 11.4. The monoisotopic (exact) mass is 329 g/mol. The molecule has 2 aromatic carbocycles. The summed E-state index contributed by atoms with van der Waals surface area (Å²) in [5, 5.41) is 2.34. The Morgan fingerprint density at radius 1 is 1.09 bits per heavy atom. The average Bonchev–Trinajstić information content (AvgIpc) is 2.46. The van der Waals surface area contributed by atoms with Crippen molar-refractivity contribution >= 4 is 23.2 Å². The molecule has 0 saturated carbocycles. The molecule has 0 saturated heterocycles. The van der Waals surface area contributed by atoms with E-state index in [-0.39, 0.29) is 16.5 Å². The van der Waals surface area contributed by atoms with E-state index in [0.29, 0.717) is 0 Å². The molecule has 0 unspecified atom stereocenters. The molecule has 0 heterocycles. The predicted molar refractivity (Wildman–Crippen MR) is 76.5 cm³/mol. The molecule has 3 nitrogen and oxygen atoms in total. The number of anilines is 1. The number of nitrogens with one attached hydrogen (secondary N) is 1. The van der Waals surface area contributed by atoms with Crippen molar-refractivity contribution < 1.29 is 22.7 Å². The Morgan fingerprint density at radius 3 is 2.41 bits per heavy atom. The van der Waals surface area contributed by atoms with Crippen molar-refractivity contribution in [1.29, 1.82) is 0 Å². The van der Waals surface area contributed by atoms with Crippen molar-refractivity contribution in [3.05, 3.63) is 58.9 Å². The van der Waals surface area contributed by atoms with Gasteiger partial charge in [0.2, 0.25) is 0 Å². The fraction of sp³-hybridized carbons (Fsp3) is 0.133. The van der Waals surface area contributed by atoms with Gasteiger partial charge in [0.1, 0.15) is 11.6 Å². The predicted octanol–water partition coefficient (Wildman–Crippen LogP) is 4.16. The van der Waals surface area contributed by atoms with E-state index in [4.69, 9.17) is 16.3 Å². The largest absolute Gasteiger partial charge is 0.481 e. The Bertz CT molecular complexity index is 709. The second-order valence-electron chi connectivity index (χ2n) is 4.45. The molecule has 0 aliphatic rings. The van der Waals surface area contributed by atoms with Gasteiger partial charge in [0, 0.05) is 11.8 Å². The molecule has 1 N–H and O–H groups in total. The Labute approximate surface area is 129 Å². The fourth-order valence-electron chi connectivity index (χ4n) is 1.63. The number of halogens is 4. The van der Waals surface area contributed by atoms with Crippen molar-refractivity contribution in [2.24, 2.45) is 0 Å². The summed E-state index contributed by atoms with van der Waals surface area (Å²) in [5.74, 6) is -3.22. The van der Waals surface area contributed by atoms with Gasteiger partial charge >= 0.3 is 0 Å². The van der Waals surface area contributed by atoms with Crippen LogP contribution in [0.15, 0.2) is 36.4 Å². The maximum Gasteiger partial charge on any atom is 0.265 e. The van der Waals surface area contributed by atoms with Crippen LogP contribution in [0, 0.1) is 17.5 Å². The van der Waals surface area contributed by atoms with Crippen LogP contribution >= 0.6 is 11.6 Å². The van der Waals surface area contributed by atoms with Gasteiger partial charge in [0.05, 0.1) is 5.02 Å². The SMILES string of the molecule is C[C@@H](Oc1ccc(F)c(F)c1)C(=O)Nc1ccc(F)c(Cl)c1. The molecule has 116 valence electrons. The number of carbonyl (C=O) groups is 1. The second kappa shape index (κ2) is 6.70. The zero-order valence-corrected chi connectivity index (χ0v) is 12.1. The highest BCUT2D eigenvalue weighted by Gasteiger charge is 2.16. The van der Waals surface area contributed by atoms with E-state index in [1.165, 1.54) is 25.1 Å². The number of hydrogen-bond acceptors (Lipinski definition) is 2. The molecule has 7 heteroatoms. The van der Waals surface area contributed by atoms with E-state index in [2.05, 4.69) is 5.32 Å². The Kier molecular flexibility index (Phi) is 4.92. The lowest BCUT2D eigenvalue weighted by molar-refractivity contribution is -0.122. The summed E-state index contributed by atoms with van der Waals surface area (Å²) in [6.45, 7) is 1.43. The maximum atomic E-state index is 13.1. The molecule has 0 aliphatic carbocycles. The first-order valence-corrected chi connectivity index (χ1v) is 6.62. The third-order valence-electron chi connectivity index (χ3n) is 2.76. The summed E-state index contributed by atoms with van der Waals surface area (Å²) in [6, 6.07) is 6.64. The minimum absolute atomic E-state index is 0.0127. The van der Waals surface area contributed by atoms with Crippen LogP contribution in [0.5, 0.6) is 5.75 Å². The summed E-state index contributed by atoms with van der Waals surface area (Å²) in [6.07, 6.45) is -0.978. The quantitative estimate of drug-likeness (QED) is 0.914. The van der Waals surface area contributed by atoms with E-state index in [1.807, 2.05) is 0 Å². The van der Waals surface area contributed by atoms with Gasteiger partial charge in [-0.1, -0.05) is 11.6 Å². The molecule has 0 aliphatic heterocycles. The minimum atomic E-state index is -1.07. The topological polar surface area (TPSA) is 38.3 Å². The molecule has 2 aromatic rings. The summed E-state index contributed by atoms with van der Waals surface area (Å²) in [5.41, 5.74) is 0.289. The molecule has 0 bridgehead atoms. The molecule has 22 heavy (non-hydrogen) atoms. The molecule has 1 amide bonds. The van der Waals surface area contributed by atoms with Gasteiger partial charge in [-0.3, -0.25) is 4.79 Å². The normalized spacial score (nSPS) is 11.9. The average molecular weight is 330 g/mol. The first-order valence-electron chi connectivity index (χ1n) is 6.24. The summed E-state index contributed by atoms with van der Waals surface area (Å²) >= 11 is 5.60. The van der Waals surface area contributed by atoms with E-state index >= 15 is 0 Å². The van der Waals surface area contributed by atoms with Crippen LogP contribution in [0.4, 0.5) is 18.9 Å². The fourth-order valence-corrected chi connectivity index (χ4v) is 1.81. The maximum absolute atomic E-state index is 13.1. The molecule has 0 radical (unpaired) electrons. The molecule has 0 fully saturated rings. The first kappa shape index (κ1) is 16.2. The van der Waals surface area contributed by atoms with Crippen LogP contribution in [-0.2, 0) is 4.79 Å². The standard InChI is InChI=1S/C15H11ClF3NO2/c1-8(22-10-3-5-13(18)14(19)7-10)15(21)20-9-2-4-12(17)11(16)6-9/h2-8H,1H3,(H,20,21)/t8-/m1/s1. The number of ether oxygens (including phenoxy) is 1. The van der Waals surface area contributed by atoms with Crippen LogP contribution in [0.2, 0.25) is 5.02 Å². The van der Waals surface area contributed by atoms with E-state index < -0.39 is 29.5 Å². The Balaban J connectivity index is 2.02. The van der Waals surface area contributed by atoms with Gasteiger partial charge in [0.25, 0.3) is 5.91 Å².